The third-order valence-electron chi connectivity index (χ3n) is 9.27. The Morgan fingerprint density at radius 2 is 1.64 bits per heavy atom. The molecule has 0 spiro atoms. The Kier molecular flexibility index (Phi) is 11.7. The number of anilines is 4. The highest BCUT2D eigenvalue weighted by Crippen LogP contribution is 2.26. The molecule has 1 saturated heterocycles. The highest BCUT2D eigenvalue weighted by atomic mass is 35.5. The number of benzene rings is 3. The predicted octanol–water partition coefficient (Wildman–Crippen LogP) is 5.40. The molecule has 2 aliphatic heterocycles. The number of piperazine rings is 1. The van der Waals surface area contributed by atoms with Gasteiger partial charge in [-0.25, -0.2) is 0 Å². The maximum atomic E-state index is 14.3. The predicted molar refractivity (Wildman–Crippen MR) is 204 cm³/mol. The van der Waals surface area contributed by atoms with Crippen LogP contribution >= 0.6 is 11.6 Å². The number of aromatic nitrogens is 1. The summed E-state index contributed by atoms with van der Waals surface area (Å²) >= 11 is 6.19. The molecule has 0 aliphatic carbocycles. The van der Waals surface area contributed by atoms with E-state index in [1.165, 1.54) is 6.08 Å². The summed E-state index contributed by atoms with van der Waals surface area (Å²) in [4.78, 5) is 76.0. The summed E-state index contributed by atoms with van der Waals surface area (Å²) in [5.74, 6) is -3.00. The van der Waals surface area contributed by atoms with Gasteiger partial charge in [0.05, 0.1) is 17.9 Å². The molecule has 53 heavy (non-hydrogen) atoms. The molecule has 2 aliphatic rings. The van der Waals surface area contributed by atoms with Crippen molar-refractivity contribution in [1.82, 2.24) is 15.2 Å². The van der Waals surface area contributed by atoms with E-state index in [-0.39, 0.29) is 42.4 Å². The van der Waals surface area contributed by atoms with Gasteiger partial charge in [-0.3, -0.25) is 24.0 Å². The SMILES string of the molecule is CC(C)C(Nc1nc2ccccc2o1)C(=O)N1CCN(c2ccc(Cl)cc2)[C@@H](C(=O)NC2/C=C/CCCCC(=O)Nc3ccccc3NC(=O)C2=O)C1. The van der Waals surface area contributed by atoms with Crippen LogP contribution in [0.2, 0.25) is 5.02 Å². The number of hydrogen-bond acceptors (Lipinski definition) is 9. The fourth-order valence-corrected chi connectivity index (χ4v) is 6.52. The van der Waals surface area contributed by atoms with Crippen LogP contribution in [0.3, 0.4) is 0 Å². The summed E-state index contributed by atoms with van der Waals surface area (Å²) in [6.45, 7) is 4.43. The highest BCUT2D eigenvalue weighted by Gasteiger charge is 2.39. The van der Waals surface area contributed by atoms with Gasteiger partial charge in [0.1, 0.15) is 23.6 Å². The van der Waals surface area contributed by atoms with E-state index in [1.807, 2.05) is 36.9 Å². The first-order chi connectivity index (χ1) is 25.6. The molecule has 276 valence electrons. The monoisotopic (exact) mass is 739 g/mol. The number of hydrogen-bond donors (Lipinski definition) is 4. The van der Waals surface area contributed by atoms with Crippen molar-refractivity contribution >= 4 is 75.2 Å². The number of allylic oxidation sites excluding steroid dienone is 1. The fraction of sp³-hybridized carbons (Fsp3) is 0.333. The van der Waals surface area contributed by atoms with Crippen LogP contribution in [-0.2, 0) is 24.0 Å². The molecule has 0 radical (unpaired) electrons. The lowest BCUT2D eigenvalue weighted by molar-refractivity contribution is -0.137. The van der Waals surface area contributed by atoms with Crippen molar-refractivity contribution < 1.29 is 28.4 Å². The largest absolute Gasteiger partial charge is 0.424 e. The van der Waals surface area contributed by atoms with E-state index in [9.17, 15) is 24.0 Å². The lowest BCUT2D eigenvalue weighted by Gasteiger charge is -2.43. The van der Waals surface area contributed by atoms with Crippen molar-refractivity contribution in [2.75, 3.05) is 40.5 Å². The quantitative estimate of drug-likeness (QED) is 0.144. The molecule has 0 bridgehead atoms. The first-order valence-corrected chi connectivity index (χ1v) is 18.1. The number of nitrogens with one attached hydrogen (secondary N) is 4. The minimum Gasteiger partial charge on any atom is -0.424 e. The minimum atomic E-state index is -1.30. The maximum Gasteiger partial charge on any atom is 0.296 e. The van der Waals surface area contributed by atoms with E-state index >= 15 is 0 Å². The molecular formula is C39H42ClN7O6. The number of oxazole rings is 1. The van der Waals surface area contributed by atoms with Gasteiger partial charge in [0, 0.05) is 30.2 Å². The number of carbonyl (C=O) groups is 5. The molecule has 3 aromatic carbocycles. The number of amides is 4. The van der Waals surface area contributed by atoms with Gasteiger partial charge in [0.2, 0.25) is 23.5 Å². The number of fused-ring (bicyclic) bond motifs is 2. The Morgan fingerprint density at radius 1 is 0.925 bits per heavy atom. The number of carbonyl (C=O) groups excluding carboxylic acids is 5. The average molecular weight is 740 g/mol. The van der Waals surface area contributed by atoms with Gasteiger partial charge in [-0.05, 0) is 73.7 Å². The third kappa shape index (κ3) is 9.04. The van der Waals surface area contributed by atoms with Crippen LogP contribution in [-0.4, -0.2) is 77.1 Å². The first kappa shape index (κ1) is 37.1. The van der Waals surface area contributed by atoms with Gasteiger partial charge in [-0.2, -0.15) is 4.98 Å². The van der Waals surface area contributed by atoms with Crippen LogP contribution in [0.5, 0.6) is 0 Å². The van der Waals surface area contributed by atoms with Crippen molar-refractivity contribution in [3.8, 4) is 0 Å². The lowest BCUT2D eigenvalue weighted by atomic mass is 10.0. The maximum absolute atomic E-state index is 14.3. The summed E-state index contributed by atoms with van der Waals surface area (Å²) in [7, 11) is 0. The average Bonchev–Trinajstić information content (AvgIpc) is 3.57. The van der Waals surface area contributed by atoms with Crippen LogP contribution in [0.25, 0.3) is 11.1 Å². The zero-order valence-corrected chi connectivity index (χ0v) is 30.3. The summed E-state index contributed by atoms with van der Waals surface area (Å²) in [6, 6.07) is 18.2. The van der Waals surface area contributed by atoms with Gasteiger partial charge < -0.3 is 35.5 Å². The summed E-state index contributed by atoms with van der Waals surface area (Å²) in [6.07, 6.45) is 5.31. The van der Waals surface area contributed by atoms with Crippen molar-refractivity contribution in [2.45, 2.75) is 57.7 Å². The van der Waals surface area contributed by atoms with Gasteiger partial charge >= 0.3 is 0 Å². The zero-order chi connectivity index (χ0) is 37.5. The number of ketones is 1. The van der Waals surface area contributed by atoms with Crippen LogP contribution in [0.1, 0.15) is 39.5 Å². The van der Waals surface area contributed by atoms with Gasteiger partial charge in [0.15, 0.2) is 5.58 Å². The lowest BCUT2D eigenvalue weighted by Crippen LogP contribution is -2.63. The second-order valence-electron chi connectivity index (χ2n) is 13.4. The first-order valence-electron chi connectivity index (χ1n) is 17.7. The summed E-state index contributed by atoms with van der Waals surface area (Å²) < 4.78 is 5.86. The van der Waals surface area contributed by atoms with Crippen molar-refractivity contribution in [3.63, 3.8) is 0 Å². The molecule has 4 amide bonds. The molecule has 4 N–H and O–H groups in total. The van der Waals surface area contributed by atoms with Crippen LogP contribution in [0, 0.1) is 5.92 Å². The van der Waals surface area contributed by atoms with Crippen LogP contribution in [0.15, 0.2) is 89.4 Å². The molecule has 1 aromatic heterocycles. The van der Waals surface area contributed by atoms with Crippen molar-refractivity contribution in [2.24, 2.45) is 5.92 Å². The molecule has 0 saturated carbocycles. The Bertz CT molecular complexity index is 1980. The minimum absolute atomic E-state index is 0.00432. The number of Topliss-reactive ketones (excluding diaryl/α,β-unsaturated/α-hetero) is 1. The summed E-state index contributed by atoms with van der Waals surface area (Å²) in [5, 5.41) is 11.9. The van der Waals surface area contributed by atoms with E-state index in [4.69, 9.17) is 16.0 Å². The fourth-order valence-electron chi connectivity index (χ4n) is 6.40. The molecule has 13 nitrogen and oxygen atoms in total. The second-order valence-corrected chi connectivity index (χ2v) is 13.8. The topological polar surface area (TPSA) is 166 Å². The van der Waals surface area contributed by atoms with E-state index in [2.05, 4.69) is 26.3 Å². The Balaban J connectivity index is 1.24. The zero-order valence-electron chi connectivity index (χ0n) is 29.5. The molecule has 2 unspecified atom stereocenters. The Morgan fingerprint density at radius 3 is 2.38 bits per heavy atom. The van der Waals surface area contributed by atoms with Crippen LogP contribution in [0.4, 0.5) is 23.1 Å². The Labute approximate surface area is 312 Å². The van der Waals surface area contributed by atoms with E-state index < -0.39 is 35.7 Å². The number of rotatable bonds is 7. The normalized spacial score (nSPS) is 19.8. The third-order valence-corrected chi connectivity index (χ3v) is 9.52. The highest BCUT2D eigenvalue weighted by molar-refractivity contribution is 6.43. The van der Waals surface area contributed by atoms with E-state index in [0.29, 0.717) is 59.8 Å². The number of nitrogens with zero attached hydrogens (tertiary/aromatic N) is 3. The molecule has 14 heteroatoms. The van der Waals surface area contributed by atoms with Gasteiger partial charge in [0.25, 0.3) is 11.9 Å². The molecule has 3 atom stereocenters. The van der Waals surface area contributed by atoms with E-state index in [1.54, 1.807) is 65.6 Å². The van der Waals surface area contributed by atoms with Crippen molar-refractivity contribution in [3.05, 3.63) is 90.0 Å². The molecular weight excluding hydrogens is 698 g/mol. The van der Waals surface area contributed by atoms with Gasteiger partial charge in [-0.15, -0.1) is 0 Å². The molecule has 1 fully saturated rings. The molecule has 6 rings (SSSR count). The number of halogens is 1. The standard InChI is InChI=1S/C39H42ClN7O6/c1-24(2)34(45-39-44-29-13-9-10-15-32(29)53-39)38(52)46-21-22-47(26-19-17-25(40)18-20-26)31(23-46)36(50)43-30-14-5-3-4-6-16-33(48)41-27-11-7-8-12-28(27)42-37(51)35(30)49/h5,7-15,17-20,24,30-31,34H,3-4,6,16,21-23H2,1-2H3,(H,41,48)(H,42,51)(H,43,50)(H,44,45)/b14-5+/t30?,31-,34?/m1/s1. The van der Waals surface area contributed by atoms with Crippen molar-refractivity contribution in [1.29, 1.82) is 0 Å². The molecule has 3 heterocycles. The summed E-state index contributed by atoms with van der Waals surface area (Å²) in [5.41, 5.74) is 2.57. The van der Waals surface area contributed by atoms with Gasteiger partial charge in [-0.1, -0.05) is 61.9 Å². The smallest absolute Gasteiger partial charge is 0.296 e. The van der Waals surface area contributed by atoms with Crippen LogP contribution < -0.4 is 26.2 Å². The molecule has 4 aromatic rings. The number of para-hydroxylation sites is 4. The Hall–Kier alpha value is -5.69. The van der Waals surface area contributed by atoms with E-state index in [0.717, 1.165) is 0 Å². The second kappa shape index (κ2) is 16.8.